The standard InChI is InChI=1S/C9H16N2O2S/c1-11(2)5-8-10-7(6-14-8)9(12-3)13-4/h6,9H,5H2,1-4H3. The van der Waals surface area contributed by atoms with Gasteiger partial charge in [-0.25, -0.2) is 4.98 Å². The molecule has 14 heavy (non-hydrogen) atoms. The van der Waals surface area contributed by atoms with Gasteiger partial charge < -0.3 is 14.4 Å². The highest BCUT2D eigenvalue weighted by molar-refractivity contribution is 7.09. The number of ether oxygens (including phenoxy) is 2. The molecular formula is C9H16N2O2S. The van der Waals surface area contributed by atoms with Crippen molar-refractivity contribution in [1.29, 1.82) is 0 Å². The van der Waals surface area contributed by atoms with Crippen LogP contribution in [0.25, 0.3) is 0 Å². The Morgan fingerprint density at radius 2 is 2.07 bits per heavy atom. The molecule has 0 radical (unpaired) electrons. The number of methoxy groups -OCH3 is 2. The second-order valence-corrected chi connectivity index (χ2v) is 4.15. The zero-order valence-corrected chi connectivity index (χ0v) is 9.80. The summed E-state index contributed by atoms with van der Waals surface area (Å²) in [6, 6.07) is 0. The van der Waals surface area contributed by atoms with E-state index in [9.17, 15) is 0 Å². The van der Waals surface area contributed by atoms with E-state index >= 15 is 0 Å². The first-order chi connectivity index (χ1) is 6.67. The maximum Gasteiger partial charge on any atom is 0.201 e. The van der Waals surface area contributed by atoms with Crippen molar-refractivity contribution in [3.8, 4) is 0 Å². The van der Waals surface area contributed by atoms with Gasteiger partial charge in [0, 0.05) is 26.1 Å². The minimum atomic E-state index is -0.345. The molecule has 0 unspecified atom stereocenters. The Balaban J connectivity index is 2.66. The SMILES string of the molecule is COC(OC)c1csc(CN(C)C)n1. The molecule has 0 aromatic carbocycles. The number of rotatable bonds is 5. The first-order valence-electron chi connectivity index (χ1n) is 4.32. The average molecular weight is 216 g/mol. The number of hydrogen-bond donors (Lipinski definition) is 0. The molecule has 1 rings (SSSR count). The third-order valence-electron chi connectivity index (χ3n) is 1.69. The van der Waals surface area contributed by atoms with Crippen LogP contribution in [0, 0.1) is 0 Å². The lowest BCUT2D eigenvalue weighted by atomic mass is 10.5. The van der Waals surface area contributed by atoms with E-state index in [1.165, 1.54) is 0 Å². The summed E-state index contributed by atoms with van der Waals surface area (Å²) in [4.78, 5) is 6.50. The third-order valence-corrected chi connectivity index (χ3v) is 2.54. The van der Waals surface area contributed by atoms with Gasteiger partial charge in [0.05, 0.1) is 0 Å². The summed E-state index contributed by atoms with van der Waals surface area (Å²) in [5.74, 6) is 0. The molecule has 80 valence electrons. The smallest absolute Gasteiger partial charge is 0.201 e. The van der Waals surface area contributed by atoms with Crippen LogP contribution in [-0.4, -0.2) is 38.2 Å². The molecule has 0 fully saturated rings. The van der Waals surface area contributed by atoms with E-state index < -0.39 is 0 Å². The molecule has 0 amide bonds. The largest absolute Gasteiger partial charge is 0.350 e. The van der Waals surface area contributed by atoms with Gasteiger partial charge in [0.15, 0.2) is 0 Å². The Morgan fingerprint density at radius 1 is 1.43 bits per heavy atom. The lowest BCUT2D eigenvalue weighted by Gasteiger charge is -2.10. The summed E-state index contributed by atoms with van der Waals surface area (Å²) in [5, 5.41) is 3.04. The van der Waals surface area contributed by atoms with Gasteiger partial charge in [-0.3, -0.25) is 0 Å². The lowest BCUT2D eigenvalue weighted by molar-refractivity contribution is -0.108. The van der Waals surface area contributed by atoms with Gasteiger partial charge in [0.1, 0.15) is 10.7 Å². The van der Waals surface area contributed by atoms with Crippen LogP contribution in [-0.2, 0) is 16.0 Å². The fourth-order valence-corrected chi connectivity index (χ4v) is 2.03. The van der Waals surface area contributed by atoms with Gasteiger partial charge in [0.2, 0.25) is 6.29 Å². The van der Waals surface area contributed by atoms with Crippen molar-refractivity contribution in [2.24, 2.45) is 0 Å². The molecule has 0 N–H and O–H groups in total. The normalized spacial score (nSPS) is 11.6. The monoisotopic (exact) mass is 216 g/mol. The topological polar surface area (TPSA) is 34.6 Å². The van der Waals surface area contributed by atoms with Crippen LogP contribution in [0.2, 0.25) is 0 Å². The maximum absolute atomic E-state index is 5.11. The minimum Gasteiger partial charge on any atom is -0.350 e. The molecule has 0 bridgehead atoms. The summed E-state index contributed by atoms with van der Waals surface area (Å²) in [6.45, 7) is 0.852. The molecule has 0 atom stereocenters. The van der Waals surface area contributed by atoms with Crippen LogP contribution >= 0.6 is 11.3 Å². The number of nitrogens with zero attached hydrogens (tertiary/aromatic N) is 2. The molecule has 0 aliphatic rings. The molecule has 1 aromatic heterocycles. The van der Waals surface area contributed by atoms with E-state index in [1.807, 2.05) is 19.5 Å². The van der Waals surface area contributed by atoms with Crippen molar-refractivity contribution in [2.45, 2.75) is 12.8 Å². The Hall–Kier alpha value is -0.490. The van der Waals surface area contributed by atoms with Crippen molar-refractivity contribution < 1.29 is 9.47 Å². The molecule has 0 spiro atoms. The van der Waals surface area contributed by atoms with Crippen molar-refractivity contribution in [3.63, 3.8) is 0 Å². The van der Waals surface area contributed by atoms with Crippen molar-refractivity contribution >= 4 is 11.3 Å². The van der Waals surface area contributed by atoms with Crippen LogP contribution in [0.3, 0.4) is 0 Å². The van der Waals surface area contributed by atoms with E-state index in [0.29, 0.717) is 0 Å². The quantitative estimate of drug-likeness (QED) is 0.699. The molecule has 1 heterocycles. The van der Waals surface area contributed by atoms with E-state index in [-0.39, 0.29) is 6.29 Å². The molecule has 0 aliphatic heterocycles. The highest BCUT2D eigenvalue weighted by Crippen LogP contribution is 2.20. The van der Waals surface area contributed by atoms with Crippen LogP contribution < -0.4 is 0 Å². The lowest BCUT2D eigenvalue weighted by Crippen LogP contribution is -2.11. The highest BCUT2D eigenvalue weighted by Gasteiger charge is 2.13. The molecule has 1 aromatic rings. The molecule has 0 saturated heterocycles. The van der Waals surface area contributed by atoms with Gasteiger partial charge in [-0.05, 0) is 14.1 Å². The second kappa shape index (κ2) is 5.41. The van der Waals surface area contributed by atoms with E-state index in [1.54, 1.807) is 25.6 Å². The number of aromatic nitrogens is 1. The first kappa shape index (κ1) is 11.6. The third kappa shape index (κ3) is 3.02. The molecule has 0 aliphatic carbocycles. The van der Waals surface area contributed by atoms with Gasteiger partial charge in [-0.1, -0.05) is 0 Å². The zero-order valence-electron chi connectivity index (χ0n) is 8.98. The van der Waals surface area contributed by atoms with Crippen LogP contribution in [0.15, 0.2) is 5.38 Å². The highest BCUT2D eigenvalue weighted by atomic mass is 32.1. The van der Waals surface area contributed by atoms with Crippen LogP contribution in [0.5, 0.6) is 0 Å². The first-order valence-corrected chi connectivity index (χ1v) is 5.20. The fourth-order valence-electron chi connectivity index (χ4n) is 1.11. The Kier molecular flexibility index (Phi) is 4.47. The van der Waals surface area contributed by atoms with Gasteiger partial charge in [0.25, 0.3) is 0 Å². The molecule has 5 heteroatoms. The summed E-state index contributed by atoms with van der Waals surface area (Å²) in [6.07, 6.45) is -0.345. The summed E-state index contributed by atoms with van der Waals surface area (Å²) in [5.41, 5.74) is 0.844. The fraction of sp³-hybridized carbons (Fsp3) is 0.667. The van der Waals surface area contributed by atoms with Gasteiger partial charge in [-0.15, -0.1) is 11.3 Å². The van der Waals surface area contributed by atoms with Gasteiger partial charge >= 0.3 is 0 Å². The Bertz CT molecular complexity index is 272. The van der Waals surface area contributed by atoms with E-state index in [2.05, 4.69) is 9.88 Å². The van der Waals surface area contributed by atoms with E-state index in [0.717, 1.165) is 17.2 Å². The molecular weight excluding hydrogens is 200 g/mol. The molecule has 0 saturated carbocycles. The minimum absolute atomic E-state index is 0.345. The maximum atomic E-state index is 5.11. The Labute approximate surface area is 88.5 Å². The number of thiazole rings is 1. The van der Waals surface area contributed by atoms with Crippen LogP contribution in [0.1, 0.15) is 17.0 Å². The van der Waals surface area contributed by atoms with Gasteiger partial charge in [-0.2, -0.15) is 0 Å². The predicted octanol–water partition coefficient (Wildman–Crippen LogP) is 1.50. The predicted molar refractivity (Wildman–Crippen MR) is 56.3 cm³/mol. The van der Waals surface area contributed by atoms with Crippen molar-refractivity contribution in [1.82, 2.24) is 9.88 Å². The summed E-state index contributed by atoms with van der Waals surface area (Å²) in [7, 11) is 7.26. The summed E-state index contributed by atoms with van der Waals surface area (Å²) < 4.78 is 10.2. The Morgan fingerprint density at radius 3 is 2.57 bits per heavy atom. The average Bonchev–Trinajstić information content (AvgIpc) is 2.54. The van der Waals surface area contributed by atoms with Crippen LogP contribution in [0.4, 0.5) is 0 Å². The summed E-state index contributed by atoms with van der Waals surface area (Å²) >= 11 is 1.62. The molecule has 4 nitrogen and oxygen atoms in total. The van der Waals surface area contributed by atoms with E-state index in [4.69, 9.17) is 9.47 Å². The second-order valence-electron chi connectivity index (χ2n) is 3.21. The van der Waals surface area contributed by atoms with Crippen molar-refractivity contribution in [3.05, 3.63) is 16.1 Å². The zero-order chi connectivity index (χ0) is 10.6. The number of hydrogen-bond acceptors (Lipinski definition) is 5. The van der Waals surface area contributed by atoms with Crippen molar-refractivity contribution in [2.75, 3.05) is 28.3 Å².